The number of hydrogen-bond acceptors (Lipinski definition) is 5. The summed E-state index contributed by atoms with van der Waals surface area (Å²) in [7, 11) is 2.06. The summed E-state index contributed by atoms with van der Waals surface area (Å²) in [5, 5.41) is 15.0. The number of amides is 1. The molecule has 1 aromatic rings. The van der Waals surface area contributed by atoms with Gasteiger partial charge < -0.3 is 15.1 Å². The third-order valence-corrected chi connectivity index (χ3v) is 8.63. The van der Waals surface area contributed by atoms with Gasteiger partial charge in [-0.25, -0.2) is 0 Å². The molecule has 0 aromatic heterocycles. The molecule has 4 aliphatic carbocycles. The quantitative estimate of drug-likeness (QED) is 0.574. The van der Waals surface area contributed by atoms with Crippen LogP contribution in [0.1, 0.15) is 55.8 Å². The summed E-state index contributed by atoms with van der Waals surface area (Å²) in [5.74, 6) is 2.30. The summed E-state index contributed by atoms with van der Waals surface area (Å²) in [4.78, 5) is 28.8. The number of hydrogen-bond donors (Lipinski definition) is 1. The van der Waals surface area contributed by atoms with Gasteiger partial charge in [0.15, 0.2) is 0 Å². The Morgan fingerprint density at radius 3 is 2.23 bits per heavy atom. The predicted molar refractivity (Wildman–Crippen MR) is 120 cm³/mol. The van der Waals surface area contributed by atoms with Crippen molar-refractivity contribution in [2.45, 2.75) is 51.5 Å². The number of nitro groups is 1. The minimum Gasteiger partial charge on any atom is -0.363 e. The average molecular weight is 427 g/mol. The van der Waals surface area contributed by atoms with Crippen molar-refractivity contribution in [3.8, 4) is 0 Å². The smallest absolute Gasteiger partial charge is 0.293 e. The highest BCUT2D eigenvalue weighted by molar-refractivity contribution is 5.96. The summed E-state index contributed by atoms with van der Waals surface area (Å²) >= 11 is 0. The Kier molecular flexibility index (Phi) is 5.19. The summed E-state index contributed by atoms with van der Waals surface area (Å²) in [6, 6.07) is 5.08. The van der Waals surface area contributed by atoms with Gasteiger partial charge >= 0.3 is 0 Å². The van der Waals surface area contributed by atoms with Crippen molar-refractivity contribution in [2.75, 3.05) is 38.1 Å². The molecule has 1 saturated heterocycles. The summed E-state index contributed by atoms with van der Waals surface area (Å²) < 4.78 is 0. The fourth-order valence-corrected chi connectivity index (χ4v) is 7.27. The number of likely N-dealkylation sites (N-methyl/N-ethyl adjacent to an activating group) is 1. The van der Waals surface area contributed by atoms with Crippen molar-refractivity contribution >= 4 is 17.3 Å². The molecule has 1 aromatic carbocycles. The minimum atomic E-state index is -0.354. The van der Waals surface area contributed by atoms with E-state index in [2.05, 4.69) is 29.1 Å². The molecule has 7 nitrogen and oxygen atoms in total. The Morgan fingerprint density at radius 2 is 1.68 bits per heavy atom. The molecule has 1 atom stereocenters. The second-order valence-electron chi connectivity index (χ2n) is 10.7. The van der Waals surface area contributed by atoms with Crippen LogP contribution in [0, 0.1) is 33.3 Å². The lowest BCUT2D eigenvalue weighted by molar-refractivity contribution is -0.384. The Bertz CT molecular complexity index is 842. The SMILES string of the molecule is C[C@H](NC(=O)c1ccc(N2CCN(C)CC2)c([N+](=O)[O-])c1)C12CC3CC(CC(C3)C1)C2. The van der Waals surface area contributed by atoms with Gasteiger partial charge in [-0.05, 0) is 87.8 Å². The molecule has 0 radical (unpaired) electrons. The van der Waals surface area contributed by atoms with Crippen LogP contribution in [0.5, 0.6) is 0 Å². The van der Waals surface area contributed by atoms with Crippen LogP contribution in [-0.2, 0) is 0 Å². The number of carbonyl (C=O) groups excluding carboxylic acids is 1. The maximum Gasteiger partial charge on any atom is 0.293 e. The zero-order valence-corrected chi connectivity index (χ0v) is 18.7. The zero-order chi connectivity index (χ0) is 21.8. The van der Waals surface area contributed by atoms with Gasteiger partial charge in [0.25, 0.3) is 11.6 Å². The van der Waals surface area contributed by atoms with Gasteiger partial charge in [-0.2, -0.15) is 0 Å². The molecule has 0 spiro atoms. The Morgan fingerprint density at radius 1 is 1.10 bits per heavy atom. The number of piperazine rings is 1. The third kappa shape index (κ3) is 3.81. The highest BCUT2D eigenvalue weighted by atomic mass is 16.6. The van der Waals surface area contributed by atoms with Gasteiger partial charge in [-0.1, -0.05) is 0 Å². The predicted octanol–water partition coefficient (Wildman–Crippen LogP) is 3.68. The molecule has 168 valence electrons. The first-order valence-corrected chi connectivity index (χ1v) is 11.9. The molecule has 1 N–H and O–H groups in total. The molecule has 5 fully saturated rings. The van der Waals surface area contributed by atoms with Crippen LogP contribution in [0.15, 0.2) is 18.2 Å². The highest BCUT2D eigenvalue weighted by Gasteiger charge is 2.53. The summed E-state index contributed by atoms with van der Waals surface area (Å²) in [6.45, 7) is 5.42. The molecule has 0 unspecified atom stereocenters. The number of anilines is 1. The van der Waals surface area contributed by atoms with Crippen LogP contribution in [0.3, 0.4) is 0 Å². The Hall–Kier alpha value is -2.15. The number of benzene rings is 1. The molecule has 7 heteroatoms. The normalized spacial score (nSPS) is 33.4. The van der Waals surface area contributed by atoms with Crippen molar-refractivity contribution in [3.05, 3.63) is 33.9 Å². The van der Waals surface area contributed by atoms with Gasteiger partial charge in [0, 0.05) is 43.9 Å². The minimum absolute atomic E-state index is 0.0275. The molecule has 4 saturated carbocycles. The number of carbonyl (C=O) groups is 1. The Balaban J connectivity index is 1.32. The van der Waals surface area contributed by atoms with Gasteiger partial charge in [0.05, 0.1) is 4.92 Å². The molecule has 1 aliphatic heterocycles. The van der Waals surface area contributed by atoms with Gasteiger partial charge in [-0.15, -0.1) is 0 Å². The Labute approximate surface area is 184 Å². The molecule has 1 heterocycles. The topological polar surface area (TPSA) is 78.7 Å². The largest absolute Gasteiger partial charge is 0.363 e. The van der Waals surface area contributed by atoms with Crippen LogP contribution in [-0.4, -0.2) is 55.0 Å². The highest BCUT2D eigenvalue weighted by Crippen LogP contribution is 2.61. The van der Waals surface area contributed by atoms with Crippen LogP contribution >= 0.6 is 0 Å². The van der Waals surface area contributed by atoms with E-state index in [1.807, 2.05) is 0 Å². The number of rotatable bonds is 5. The first-order chi connectivity index (χ1) is 14.8. The van der Waals surface area contributed by atoms with Crippen LogP contribution in [0.4, 0.5) is 11.4 Å². The van der Waals surface area contributed by atoms with E-state index >= 15 is 0 Å². The van der Waals surface area contributed by atoms with E-state index in [1.165, 1.54) is 44.6 Å². The standard InChI is InChI=1S/C24H34N4O3/c1-16(24-13-17-9-18(14-24)11-19(10-17)15-24)25-23(29)20-3-4-21(22(12-20)28(30)31)27-7-5-26(2)6-8-27/h3-4,12,16-19H,5-11,13-15H2,1-2H3,(H,25,29)/t16-,17?,18?,19?,24?/m0/s1. The number of nitrogens with one attached hydrogen (secondary N) is 1. The fourth-order valence-electron chi connectivity index (χ4n) is 7.27. The fraction of sp³-hybridized carbons (Fsp3) is 0.708. The van der Waals surface area contributed by atoms with Crippen molar-refractivity contribution in [1.29, 1.82) is 0 Å². The van der Waals surface area contributed by atoms with Crippen LogP contribution < -0.4 is 10.2 Å². The molecule has 5 aliphatic rings. The van der Waals surface area contributed by atoms with Crippen LogP contribution in [0.2, 0.25) is 0 Å². The van der Waals surface area contributed by atoms with Crippen molar-refractivity contribution in [2.24, 2.45) is 23.2 Å². The molecule has 1 amide bonds. The maximum atomic E-state index is 13.1. The third-order valence-electron chi connectivity index (χ3n) is 8.63. The van der Waals surface area contributed by atoms with Gasteiger partial charge in [-0.3, -0.25) is 14.9 Å². The molecule has 31 heavy (non-hydrogen) atoms. The van der Waals surface area contributed by atoms with Crippen molar-refractivity contribution in [1.82, 2.24) is 10.2 Å². The summed E-state index contributed by atoms with van der Waals surface area (Å²) in [6.07, 6.45) is 7.80. The molecular formula is C24H34N4O3. The van der Waals surface area contributed by atoms with E-state index in [1.54, 1.807) is 12.1 Å². The second-order valence-corrected chi connectivity index (χ2v) is 10.7. The van der Waals surface area contributed by atoms with E-state index in [-0.39, 0.29) is 28.0 Å². The maximum absolute atomic E-state index is 13.1. The molecular weight excluding hydrogens is 392 g/mol. The second kappa shape index (κ2) is 7.76. The van der Waals surface area contributed by atoms with Crippen LogP contribution in [0.25, 0.3) is 0 Å². The lowest BCUT2D eigenvalue weighted by atomic mass is 9.48. The zero-order valence-electron chi connectivity index (χ0n) is 18.7. The van der Waals surface area contributed by atoms with E-state index in [0.29, 0.717) is 11.3 Å². The molecule has 6 rings (SSSR count). The van der Waals surface area contributed by atoms with E-state index in [4.69, 9.17) is 0 Å². The van der Waals surface area contributed by atoms with Crippen molar-refractivity contribution in [3.63, 3.8) is 0 Å². The average Bonchev–Trinajstić information content (AvgIpc) is 2.73. The van der Waals surface area contributed by atoms with E-state index in [9.17, 15) is 14.9 Å². The lowest BCUT2D eigenvalue weighted by Gasteiger charge is -2.59. The number of nitrogens with zero attached hydrogens (tertiary/aromatic N) is 3. The van der Waals surface area contributed by atoms with E-state index < -0.39 is 0 Å². The van der Waals surface area contributed by atoms with Gasteiger partial charge in [0.1, 0.15) is 5.69 Å². The van der Waals surface area contributed by atoms with Gasteiger partial charge in [0.2, 0.25) is 0 Å². The van der Waals surface area contributed by atoms with Crippen molar-refractivity contribution < 1.29 is 9.72 Å². The monoisotopic (exact) mass is 426 g/mol. The number of nitro benzene ring substituents is 1. The van der Waals surface area contributed by atoms with E-state index in [0.717, 1.165) is 43.9 Å². The molecule has 4 bridgehead atoms. The summed E-state index contributed by atoms with van der Waals surface area (Å²) in [5.41, 5.74) is 1.25. The lowest BCUT2D eigenvalue weighted by Crippen LogP contribution is -2.55. The first kappa shape index (κ1) is 20.7. The first-order valence-electron chi connectivity index (χ1n) is 11.9.